The SMILES string of the molecule is Nn1c(SCCN2CCOCC2)nnc1-c1cccs1. The van der Waals surface area contributed by atoms with E-state index in [1.807, 2.05) is 17.5 Å². The summed E-state index contributed by atoms with van der Waals surface area (Å²) in [5, 5.41) is 11.1. The maximum atomic E-state index is 6.06. The van der Waals surface area contributed by atoms with E-state index in [-0.39, 0.29) is 0 Å². The van der Waals surface area contributed by atoms with Crippen molar-refractivity contribution in [3.05, 3.63) is 17.5 Å². The van der Waals surface area contributed by atoms with E-state index >= 15 is 0 Å². The van der Waals surface area contributed by atoms with Crippen LogP contribution in [0.25, 0.3) is 10.7 Å². The van der Waals surface area contributed by atoms with E-state index in [1.165, 1.54) is 0 Å². The Morgan fingerprint density at radius 2 is 2.20 bits per heavy atom. The van der Waals surface area contributed by atoms with Gasteiger partial charge in [-0.1, -0.05) is 17.8 Å². The van der Waals surface area contributed by atoms with Crippen molar-refractivity contribution >= 4 is 23.1 Å². The first-order chi connectivity index (χ1) is 9.84. The molecule has 0 aliphatic carbocycles. The standard InChI is InChI=1S/C12H17N5OS2/c13-17-11(10-2-1-8-19-10)14-15-12(17)20-9-5-16-3-6-18-7-4-16/h1-2,8H,3-7,9,13H2. The summed E-state index contributed by atoms with van der Waals surface area (Å²) in [6.45, 7) is 4.71. The van der Waals surface area contributed by atoms with Crippen molar-refractivity contribution in [1.82, 2.24) is 19.8 Å². The number of ether oxygens (including phenoxy) is 1. The molecule has 3 rings (SSSR count). The van der Waals surface area contributed by atoms with Crippen LogP contribution in [-0.2, 0) is 4.74 Å². The molecule has 2 aromatic heterocycles. The number of hydrogen-bond donors (Lipinski definition) is 1. The molecule has 3 heterocycles. The minimum absolute atomic E-state index is 0.730. The largest absolute Gasteiger partial charge is 0.379 e. The third-order valence-corrected chi connectivity index (χ3v) is 4.94. The number of thiophene rings is 1. The molecule has 1 aliphatic heterocycles. The zero-order valence-corrected chi connectivity index (χ0v) is 12.7. The second-order valence-corrected chi connectivity index (χ2v) is 6.47. The number of morpholine rings is 1. The highest BCUT2D eigenvalue weighted by Gasteiger charge is 2.14. The molecule has 0 aromatic carbocycles. The molecule has 1 aliphatic rings. The minimum Gasteiger partial charge on any atom is -0.379 e. The van der Waals surface area contributed by atoms with Crippen LogP contribution in [0.5, 0.6) is 0 Å². The van der Waals surface area contributed by atoms with Crippen molar-refractivity contribution < 1.29 is 4.74 Å². The van der Waals surface area contributed by atoms with Crippen LogP contribution in [-0.4, -0.2) is 58.4 Å². The Hall–Kier alpha value is -1.09. The number of rotatable bonds is 5. The predicted molar refractivity (Wildman–Crippen MR) is 81.5 cm³/mol. The topological polar surface area (TPSA) is 69.2 Å². The highest BCUT2D eigenvalue weighted by Crippen LogP contribution is 2.25. The van der Waals surface area contributed by atoms with Gasteiger partial charge in [-0.05, 0) is 11.4 Å². The molecule has 2 N–H and O–H groups in total. The Labute approximate surface area is 125 Å². The summed E-state index contributed by atoms with van der Waals surface area (Å²) >= 11 is 3.26. The van der Waals surface area contributed by atoms with Gasteiger partial charge in [-0.25, -0.2) is 4.68 Å². The Kier molecular flexibility index (Phi) is 4.56. The molecule has 108 valence electrons. The van der Waals surface area contributed by atoms with E-state index in [9.17, 15) is 0 Å². The lowest BCUT2D eigenvalue weighted by molar-refractivity contribution is 0.0410. The van der Waals surface area contributed by atoms with Crippen molar-refractivity contribution in [2.75, 3.05) is 44.4 Å². The van der Waals surface area contributed by atoms with Gasteiger partial charge in [0.15, 0.2) is 5.82 Å². The van der Waals surface area contributed by atoms with Crippen molar-refractivity contribution in [1.29, 1.82) is 0 Å². The fourth-order valence-corrected chi connectivity index (χ4v) is 3.60. The molecule has 2 aromatic rings. The lowest BCUT2D eigenvalue weighted by Gasteiger charge is -2.26. The van der Waals surface area contributed by atoms with Crippen molar-refractivity contribution in [2.45, 2.75) is 5.16 Å². The normalized spacial score (nSPS) is 16.6. The van der Waals surface area contributed by atoms with Crippen molar-refractivity contribution in [2.24, 2.45) is 0 Å². The van der Waals surface area contributed by atoms with Gasteiger partial charge >= 0.3 is 0 Å². The van der Waals surface area contributed by atoms with E-state index in [1.54, 1.807) is 27.8 Å². The van der Waals surface area contributed by atoms with Crippen LogP contribution in [0.3, 0.4) is 0 Å². The third kappa shape index (κ3) is 3.14. The zero-order valence-electron chi connectivity index (χ0n) is 11.1. The van der Waals surface area contributed by atoms with Crippen LogP contribution >= 0.6 is 23.1 Å². The van der Waals surface area contributed by atoms with Gasteiger partial charge in [-0.2, -0.15) is 0 Å². The van der Waals surface area contributed by atoms with E-state index in [2.05, 4.69) is 15.1 Å². The fourth-order valence-electron chi connectivity index (χ4n) is 2.04. The summed E-state index contributed by atoms with van der Waals surface area (Å²) in [6.07, 6.45) is 0. The predicted octanol–water partition coefficient (Wildman–Crippen LogP) is 1.14. The molecule has 20 heavy (non-hydrogen) atoms. The number of nitrogens with zero attached hydrogens (tertiary/aromatic N) is 4. The third-order valence-electron chi connectivity index (χ3n) is 3.15. The van der Waals surface area contributed by atoms with Crippen LogP contribution in [0.4, 0.5) is 0 Å². The number of nitrogens with two attached hydrogens (primary N) is 1. The van der Waals surface area contributed by atoms with Crippen LogP contribution < -0.4 is 5.84 Å². The van der Waals surface area contributed by atoms with Gasteiger partial charge < -0.3 is 10.6 Å². The summed E-state index contributed by atoms with van der Waals surface area (Å²) in [4.78, 5) is 3.44. The molecule has 0 atom stereocenters. The summed E-state index contributed by atoms with van der Waals surface area (Å²) in [7, 11) is 0. The summed E-state index contributed by atoms with van der Waals surface area (Å²) < 4.78 is 6.91. The van der Waals surface area contributed by atoms with Gasteiger partial charge in [0.2, 0.25) is 5.16 Å². The molecule has 0 spiro atoms. The monoisotopic (exact) mass is 311 g/mol. The van der Waals surface area contributed by atoms with Gasteiger partial charge in [0.05, 0.1) is 18.1 Å². The summed E-state index contributed by atoms with van der Waals surface area (Å²) in [5.41, 5.74) is 0. The van der Waals surface area contributed by atoms with Gasteiger partial charge in [-0.15, -0.1) is 21.5 Å². The van der Waals surface area contributed by atoms with Crippen LogP contribution in [0, 0.1) is 0 Å². The molecule has 1 fully saturated rings. The summed E-state index contributed by atoms with van der Waals surface area (Å²) in [5.74, 6) is 7.75. The van der Waals surface area contributed by atoms with Gasteiger partial charge in [-0.3, -0.25) is 4.90 Å². The van der Waals surface area contributed by atoms with E-state index in [4.69, 9.17) is 10.6 Å². The Bertz CT molecular complexity index is 536. The highest BCUT2D eigenvalue weighted by atomic mass is 32.2. The molecule has 0 amide bonds. The number of thioether (sulfide) groups is 1. The molecular formula is C12H17N5OS2. The molecule has 0 radical (unpaired) electrons. The number of hydrogen-bond acceptors (Lipinski definition) is 7. The highest BCUT2D eigenvalue weighted by molar-refractivity contribution is 7.99. The smallest absolute Gasteiger partial charge is 0.210 e. The first kappa shape index (κ1) is 13.9. The molecule has 0 saturated carbocycles. The average Bonchev–Trinajstić information content (AvgIpc) is 3.11. The minimum atomic E-state index is 0.730. The second-order valence-electron chi connectivity index (χ2n) is 4.46. The van der Waals surface area contributed by atoms with Crippen LogP contribution in [0.2, 0.25) is 0 Å². The van der Waals surface area contributed by atoms with Crippen LogP contribution in [0.1, 0.15) is 0 Å². The molecule has 0 unspecified atom stereocenters. The quantitative estimate of drug-likeness (QED) is 0.660. The van der Waals surface area contributed by atoms with Gasteiger partial charge in [0.25, 0.3) is 0 Å². The fraction of sp³-hybridized carbons (Fsp3) is 0.500. The summed E-state index contributed by atoms with van der Waals surface area (Å²) in [6, 6.07) is 3.99. The van der Waals surface area contributed by atoms with E-state index < -0.39 is 0 Å². The second kappa shape index (κ2) is 6.57. The Morgan fingerprint density at radius 1 is 1.35 bits per heavy atom. The Morgan fingerprint density at radius 3 is 2.95 bits per heavy atom. The molecule has 0 bridgehead atoms. The molecule has 6 nitrogen and oxygen atoms in total. The zero-order chi connectivity index (χ0) is 13.8. The van der Waals surface area contributed by atoms with E-state index in [0.29, 0.717) is 0 Å². The lowest BCUT2D eigenvalue weighted by Crippen LogP contribution is -2.37. The van der Waals surface area contributed by atoms with Crippen LogP contribution in [0.15, 0.2) is 22.7 Å². The molecular weight excluding hydrogens is 294 g/mol. The number of nitrogen functional groups attached to an aromatic ring is 1. The van der Waals surface area contributed by atoms with Crippen molar-refractivity contribution in [3.63, 3.8) is 0 Å². The molecule has 8 heteroatoms. The maximum Gasteiger partial charge on any atom is 0.210 e. The average molecular weight is 311 g/mol. The van der Waals surface area contributed by atoms with E-state index in [0.717, 1.165) is 54.5 Å². The van der Waals surface area contributed by atoms with Crippen molar-refractivity contribution in [3.8, 4) is 10.7 Å². The number of aromatic nitrogens is 3. The first-order valence-corrected chi connectivity index (χ1v) is 8.38. The van der Waals surface area contributed by atoms with Gasteiger partial charge in [0, 0.05) is 25.4 Å². The first-order valence-electron chi connectivity index (χ1n) is 6.52. The lowest BCUT2D eigenvalue weighted by atomic mass is 10.4. The maximum absolute atomic E-state index is 6.06. The van der Waals surface area contributed by atoms with Gasteiger partial charge in [0.1, 0.15) is 0 Å². The Balaban J connectivity index is 1.55. The molecule has 1 saturated heterocycles.